The topological polar surface area (TPSA) is 94.5 Å². The van der Waals surface area contributed by atoms with Gasteiger partial charge < -0.3 is 15.8 Å². The number of benzene rings is 1. The van der Waals surface area contributed by atoms with Gasteiger partial charge in [0, 0.05) is 24.9 Å². The second kappa shape index (κ2) is 7.05. The first-order valence-corrected chi connectivity index (χ1v) is 8.81. The summed E-state index contributed by atoms with van der Waals surface area (Å²) in [6.07, 6.45) is 3.26. The highest BCUT2D eigenvalue weighted by Gasteiger charge is 2.39. The molecule has 140 valence electrons. The number of hydrogen-bond donors (Lipinski definition) is 2. The number of aromatic nitrogens is 3. The van der Waals surface area contributed by atoms with Crippen molar-refractivity contribution in [2.45, 2.75) is 12.8 Å². The molecule has 2 aromatic heterocycles. The number of carbonyl (C=O) groups excluding carboxylic acids is 1. The average molecular weight is 369 g/mol. The van der Waals surface area contributed by atoms with Crippen molar-refractivity contribution in [1.29, 1.82) is 0 Å². The number of fused-ring (bicyclic) bond motifs is 1. The molecule has 1 unspecified atom stereocenters. The summed E-state index contributed by atoms with van der Waals surface area (Å²) in [5.74, 6) is 0.0957. The molecule has 7 nitrogen and oxygen atoms in total. The van der Waals surface area contributed by atoms with Crippen molar-refractivity contribution < 1.29 is 13.9 Å². The SMILES string of the molecule is NCC1(C(=O)Nc2ccc3nnc(-c4ccc(F)cc4)n3c2)CCCOC1. The number of pyridine rings is 1. The van der Waals surface area contributed by atoms with E-state index in [1.165, 1.54) is 12.1 Å². The first-order chi connectivity index (χ1) is 13.1. The van der Waals surface area contributed by atoms with E-state index in [1.807, 2.05) is 0 Å². The highest BCUT2D eigenvalue weighted by Crippen LogP contribution is 2.29. The molecule has 1 saturated heterocycles. The standard InChI is InChI=1S/C19H20FN5O2/c20-14-4-2-13(3-5-14)17-24-23-16-7-6-15(10-25(16)17)22-18(26)19(11-21)8-1-9-27-12-19/h2-7,10H,1,8-9,11-12,21H2,(H,22,26). The van der Waals surface area contributed by atoms with Crippen molar-refractivity contribution in [3.63, 3.8) is 0 Å². The Morgan fingerprint density at radius 1 is 1.26 bits per heavy atom. The zero-order valence-electron chi connectivity index (χ0n) is 14.7. The van der Waals surface area contributed by atoms with E-state index in [0.717, 1.165) is 12.0 Å². The number of nitrogens with two attached hydrogens (primary N) is 1. The van der Waals surface area contributed by atoms with Gasteiger partial charge in [-0.25, -0.2) is 4.39 Å². The lowest BCUT2D eigenvalue weighted by atomic mass is 9.81. The first-order valence-electron chi connectivity index (χ1n) is 8.81. The van der Waals surface area contributed by atoms with Crippen molar-refractivity contribution in [1.82, 2.24) is 14.6 Å². The van der Waals surface area contributed by atoms with Crippen molar-refractivity contribution in [3.05, 3.63) is 48.4 Å². The van der Waals surface area contributed by atoms with Crippen LogP contribution in [0.2, 0.25) is 0 Å². The predicted molar refractivity (Wildman–Crippen MR) is 98.6 cm³/mol. The maximum Gasteiger partial charge on any atom is 0.234 e. The molecular weight excluding hydrogens is 349 g/mol. The van der Waals surface area contributed by atoms with Crippen LogP contribution >= 0.6 is 0 Å². The molecule has 1 aliphatic rings. The third kappa shape index (κ3) is 3.29. The lowest BCUT2D eigenvalue weighted by molar-refractivity contribution is -0.132. The summed E-state index contributed by atoms with van der Waals surface area (Å²) in [6, 6.07) is 9.55. The van der Waals surface area contributed by atoms with Crippen LogP contribution in [0.5, 0.6) is 0 Å². The molecule has 0 bridgehead atoms. The van der Waals surface area contributed by atoms with E-state index in [2.05, 4.69) is 15.5 Å². The van der Waals surface area contributed by atoms with Gasteiger partial charge in [-0.1, -0.05) is 0 Å². The Hall–Kier alpha value is -2.84. The Labute approximate surface area is 155 Å². The van der Waals surface area contributed by atoms with Crippen LogP contribution in [0.3, 0.4) is 0 Å². The predicted octanol–water partition coefficient (Wildman–Crippen LogP) is 2.23. The van der Waals surface area contributed by atoms with Crippen molar-refractivity contribution in [3.8, 4) is 11.4 Å². The van der Waals surface area contributed by atoms with Gasteiger partial charge >= 0.3 is 0 Å². The maximum absolute atomic E-state index is 13.2. The molecule has 3 heterocycles. The van der Waals surface area contributed by atoms with E-state index in [-0.39, 0.29) is 18.3 Å². The van der Waals surface area contributed by atoms with Gasteiger partial charge in [0.15, 0.2) is 11.5 Å². The fourth-order valence-electron chi connectivity index (χ4n) is 3.31. The van der Waals surface area contributed by atoms with Gasteiger partial charge in [0.05, 0.1) is 17.7 Å². The molecule has 1 aromatic carbocycles. The molecule has 8 heteroatoms. The molecule has 27 heavy (non-hydrogen) atoms. The molecule has 1 fully saturated rings. The monoisotopic (exact) mass is 369 g/mol. The summed E-state index contributed by atoms with van der Waals surface area (Å²) in [5.41, 5.74) is 7.13. The Morgan fingerprint density at radius 3 is 2.78 bits per heavy atom. The average Bonchev–Trinajstić information content (AvgIpc) is 3.12. The molecule has 3 aromatic rings. The molecule has 0 spiro atoms. The summed E-state index contributed by atoms with van der Waals surface area (Å²) in [5, 5.41) is 11.2. The van der Waals surface area contributed by atoms with Gasteiger partial charge in [0.2, 0.25) is 5.91 Å². The molecular formula is C19H20FN5O2. The number of nitrogens with zero attached hydrogens (tertiary/aromatic N) is 3. The zero-order valence-corrected chi connectivity index (χ0v) is 14.7. The number of rotatable bonds is 4. The highest BCUT2D eigenvalue weighted by molar-refractivity contribution is 5.95. The van der Waals surface area contributed by atoms with Crippen LogP contribution in [0, 0.1) is 11.2 Å². The lowest BCUT2D eigenvalue weighted by Crippen LogP contribution is -2.48. The van der Waals surface area contributed by atoms with Crippen LogP contribution in [-0.4, -0.2) is 40.3 Å². The second-order valence-electron chi connectivity index (χ2n) is 6.77. The summed E-state index contributed by atoms with van der Waals surface area (Å²) in [4.78, 5) is 12.8. The van der Waals surface area contributed by atoms with E-state index in [4.69, 9.17) is 10.5 Å². The van der Waals surface area contributed by atoms with Gasteiger partial charge in [0.25, 0.3) is 0 Å². The Kier molecular flexibility index (Phi) is 4.59. The van der Waals surface area contributed by atoms with Gasteiger partial charge in [-0.05, 0) is 49.2 Å². The molecule has 3 N–H and O–H groups in total. The number of hydrogen-bond acceptors (Lipinski definition) is 5. The molecule has 1 amide bonds. The van der Waals surface area contributed by atoms with Crippen LogP contribution in [0.25, 0.3) is 17.0 Å². The Balaban J connectivity index is 1.64. The third-order valence-electron chi connectivity index (χ3n) is 4.96. The molecule has 0 saturated carbocycles. The molecule has 1 atom stereocenters. The number of halogens is 1. The number of nitrogens with one attached hydrogen (secondary N) is 1. The summed E-state index contributed by atoms with van der Waals surface area (Å²) < 4.78 is 20.4. The largest absolute Gasteiger partial charge is 0.380 e. The van der Waals surface area contributed by atoms with E-state index in [0.29, 0.717) is 36.8 Å². The lowest BCUT2D eigenvalue weighted by Gasteiger charge is -2.34. The van der Waals surface area contributed by atoms with Crippen molar-refractivity contribution in [2.24, 2.45) is 11.1 Å². The fraction of sp³-hybridized carbons (Fsp3) is 0.316. The van der Waals surface area contributed by atoms with Crippen LogP contribution in [-0.2, 0) is 9.53 Å². The zero-order chi connectivity index (χ0) is 18.9. The molecule has 0 radical (unpaired) electrons. The second-order valence-corrected chi connectivity index (χ2v) is 6.77. The minimum Gasteiger partial charge on any atom is -0.380 e. The van der Waals surface area contributed by atoms with Crippen LogP contribution in [0.1, 0.15) is 12.8 Å². The minimum absolute atomic E-state index is 0.152. The maximum atomic E-state index is 13.2. The number of carbonyl (C=O) groups is 1. The van der Waals surface area contributed by atoms with Crippen LogP contribution in [0.15, 0.2) is 42.6 Å². The van der Waals surface area contributed by atoms with Gasteiger partial charge in [0.1, 0.15) is 5.82 Å². The summed E-state index contributed by atoms with van der Waals surface area (Å²) in [6.45, 7) is 1.21. The van der Waals surface area contributed by atoms with Gasteiger partial charge in [-0.2, -0.15) is 0 Å². The molecule has 4 rings (SSSR count). The van der Waals surface area contributed by atoms with Crippen LogP contribution in [0.4, 0.5) is 10.1 Å². The highest BCUT2D eigenvalue weighted by atomic mass is 19.1. The number of amides is 1. The Bertz CT molecular complexity index is 964. The quantitative estimate of drug-likeness (QED) is 0.735. The first kappa shape index (κ1) is 17.6. The van der Waals surface area contributed by atoms with Crippen molar-refractivity contribution in [2.75, 3.05) is 25.1 Å². The third-order valence-corrected chi connectivity index (χ3v) is 4.96. The molecule has 1 aliphatic heterocycles. The smallest absolute Gasteiger partial charge is 0.234 e. The molecule has 0 aliphatic carbocycles. The summed E-state index contributed by atoms with van der Waals surface area (Å²) in [7, 11) is 0. The number of anilines is 1. The van der Waals surface area contributed by atoms with E-state index in [1.54, 1.807) is 34.9 Å². The van der Waals surface area contributed by atoms with E-state index >= 15 is 0 Å². The van der Waals surface area contributed by atoms with Crippen LogP contribution < -0.4 is 11.1 Å². The van der Waals surface area contributed by atoms with E-state index < -0.39 is 5.41 Å². The van der Waals surface area contributed by atoms with Gasteiger partial charge in [-0.3, -0.25) is 9.20 Å². The van der Waals surface area contributed by atoms with E-state index in [9.17, 15) is 9.18 Å². The minimum atomic E-state index is -0.708. The van der Waals surface area contributed by atoms with Crippen molar-refractivity contribution >= 4 is 17.2 Å². The van der Waals surface area contributed by atoms with Gasteiger partial charge in [-0.15, -0.1) is 10.2 Å². The number of ether oxygens (including phenoxy) is 1. The summed E-state index contributed by atoms with van der Waals surface area (Å²) >= 11 is 0. The fourth-order valence-corrected chi connectivity index (χ4v) is 3.31. The normalized spacial score (nSPS) is 19.9. The Morgan fingerprint density at radius 2 is 2.07 bits per heavy atom.